The molecule has 0 spiro atoms. The lowest BCUT2D eigenvalue weighted by Gasteiger charge is -2.26. The lowest BCUT2D eigenvalue weighted by atomic mass is 10.1. The number of carbonyl (C=O) groups excluding carboxylic acids is 2. The van der Waals surface area contributed by atoms with Crippen LogP contribution >= 0.6 is 0 Å². The zero-order valence-corrected chi connectivity index (χ0v) is 18.2. The minimum Gasteiger partial charge on any atom is -0.379 e. The first-order valence-electron chi connectivity index (χ1n) is 10.4. The summed E-state index contributed by atoms with van der Waals surface area (Å²) in [7, 11) is -3.88. The van der Waals surface area contributed by atoms with Crippen LogP contribution < -0.4 is 5.32 Å². The summed E-state index contributed by atoms with van der Waals surface area (Å²) in [6.07, 6.45) is 1.93. The predicted octanol–water partition coefficient (Wildman–Crippen LogP) is 2.33. The van der Waals surface area contributed by atoms with E-state index in [-0.39, 0.29) is 37.1 Å². The molecule has 4 rings (SSSR count). The van der Waals surface area contributed by atoms with Gasteiger partial charge < -0.3 is 15.0 Å². The molecule has 2 aliphatic heterocycles. The van der Waals surface area contributed by atoms with E-state index >= 15 is 0 Å². The molecule has 0 aromatic heterocycles. The fourth-order valence-electron chi connectivity index (χ4n) is 3.81. The van der Waals surface area contributed by atoms with Crippen LogP contribution in [0.4, 0.5) is 10.1 Å². The summed E-state index contributed by atoms with van der Waals surface area (Å²) in [5.74, 6) is -1.76. The minimum atomic E-state index is -3.88. The molecule has 2 aliphatic rings. The molecule has 0 radical (unpaired) electrons. The Kier molecular flexibility index (Phi) is 6.54. The molecule has 0 bridgehead atoms. The number of likely N-dealkylation sites (tertiary alicyclic amines) is 1. The summed E-state index contributed by atoms with van der Waals surface area (Å²) in [4.78, 5) is 26.9. The van der Waals surface area contributed by atoms with Gasteiger partial charge in [0.25, 0.3) is 11.8 Å². The molecule has 0 atom stereocenters. The van der Waals surface area contributed by atoms with E-state index in [1.807, 2.05) is 0 Å². The molecule has 2 fully saturated rings. The zero-order valence-electron chi connectivity index (χ0n) is 17.4. The first-order valence-corrected chi connectivity index (χ1v) is 11.9. The van der Waals surface area contributed by atoms with Crippen LogP contribution in [-0.2, 0) is 14.8 Å². The summed E-state index contributed by atoms with van der Waals surface area (Å²) in [6, 6.07) is 9.56. The molecule has 0 saturated carbocycles. The molecule has 2 heterocycles. The second kappa shape index (κ2) is 9.35. The highest BCUT2D eigenvalue weighted by Gasteiger charge is 2.28. The summed E-state index contributed by atoms with van der Waals surface area (Å²) < 4.78 is 46.5. The molecular weight excluding hydrogens is 437 g/mol. The Morgan fingerprint density at radius 3 is 2.41 bits per heavy atom. The van der Waals surface area contributed by atoms with Gasteiger partial charge in [-0.25, -0.2) is 12.8 Å². The number of hydrogen-bond donors (Lipinski definition) is 1. The highest BCUT2D eigenvalue weighted by Crippen LogP contribution is 2.22. The Hall–Kier alpha value is -2.82. The van der Waals surface area contributed by atoms with Gasteiger partial charge in [-0.1, -0.05) is 6.07 Å². The number of rotatable bonds is 5. The maximum Gasteiger partial charge on any atom is 0.258 e. The zero-order chi connectivity index (χ0) is 22.7. The summed E-state index contributed by atoms with van der Waals surface area (Å²) in [5, 5.41) is 2.57. The Morgan fingerprint density at radius 1 is 0.969 bits per heavy atom. The molecule has 0 aliphatic carbocycles. The number of carbonyl (C=O) groups is 2. The van der Waals surface area contributed by atoms with Crippen molar-refractivity contribution >= 4 is 27.5 Å². The van der Waals surface area contributed by atoms with Gasteiger partial charge in [-0.05, 0) is 49.2 Å². The van der Waals surface area contributed by atoms with E-state index in [9.17, 15) is 22.4 Å². The van der Waals surface area contributed by atoms with E-state index in [0.717, 1.165) is 31.0 Å². The van der Waals surface area contributed by atoms with Crippen molar-refractivity contribution in [2.45, 2.75) is 17.7 Å². The fourth-order valence-corrected chi connectivity index (χ4v) is 5.24. The molecule has 2 aromatic carbocycles. The first kappa shape index (κ1) is 22.4. The Labute approximate surface area is 186 Å². The van der Waals surface area contributed by atoms with Crippen molar-refractivity contribution in [2.24, 2.45) is 0 Å². The average Bonchev–Trinajstić information content (AvgIpc) is 3.34. The first-order chi connectivity index (χ1) is 15.4. The van der Waals surface area contributed by atoms with Crippen LogP contribution in [0.15, 0.2) is 47.4 Å². The molecule has 1 N–H and O–H groups in total. The molecule has 8 nitrogen and oxygen atoms in total. The van der Waals surface area contributed by atoms with Gasteiger partial charge in [-0.15, -0.1) is 0 Å². The van der Waals surface area contributed by atoms with E-state index < -0.39 is 27.3 Å². The third-order valence-electron chi connectivity index (χ3n) is 5.55. The third kappa shape index (κ3) is 4.67. The maximum absolute atomic E-state index is 14.4. The number of nitrogens with zero attached hydrogens (tertiary/aromatic N) is 2. The predicted molar refractivity (Wildman–Crippen MR) is 116 cm³/mol. The lowest BCUT2D eigenvalue weighted by Crippen LogP contribution is -2.40. The number of anilines is 1. The highest BCUT2D eigenvalue weighted by atomic mass is 32.2. The third-order valence-corrected chi connectivity index (χ3v) is 7.45. The van der Waals surface area contributed by atoms with E-state index in [1.165, 1.54) is 10.4 Å². The molecule has 10 heteroatoms. The monoisotopic (exact) mass is 461 g/mol. The molecule has 0 unspecified atom stereocenters. The summed E-state index contributed by atoms with van der Waals surface area (Å²) in [6.45, 7) is 2.34. The van der Waals surface area contributed by atoms with Crippen molar-refractivity contribution in [3.8, 4) is 0 Å². The smallest absolute Gasteiger partial charge is 0.258 e. The molecule has 2 amide bonds. The molecule has 32 heavy (non-hydrogen) atoms. The van der Waals surface area contributed by atoms with E-state index in [0.29, 0.717) is 24.3 Å². The summed E-state index contributed by atoms with van der Waals surface area (Å²) >= 11 is 0. The van der Waals surface area contributed by atoms with Crippen molar-refractivity contribution in [1.29, 1.82) is 0 Å². The minimum absolute atomic E-state index is 0.122. The Morgan fingerprint density at radius 2 is 1.69 bits per heavy atom. The fraction of sp³-hybridized carbons (Fsp3) is 0.364. The largest absolute Gasteiger partial charge is 0.379 e. The summed E-state index contributed by atoms with van der Waals surface area (Å²) in [5.41, 5.74) is 0.352. The number of sulfonamides is 1. The molecule has 170 valence electrons. The van der Waals surface area contributed by atoms with Gasteiger partial charge >= 0.3 is 0 Å². The average molecular weight is 462 g/mol. The van der Waals surface area contributed by atoms with Gasteiger partial charge in [-0.2, -0.15) is 4.31 Å². The van der Waals surface area contributed by atoms with Crippen molar-refractivity contribution in [2.75, 3.05) is 44.7 Å². The van der Waals surface area contributed by atoms with Crippen LogP contribution in [0.1, 0.15) is 33.6 Å². The standard InChI is InChI=1S/C22H24FN3O5S/c23-20-7-6-18(32(29,30)26-10-12-31-13-11-26)15-19(20)21(27)24-17-5-3-4-16(14-17)22(28)25-8-1-2-9-25/h3-7,14-15H,1-2,8-13H2,(H,24,27). The number of hydrogen-bond acceptors (Lipinski definition) is 5. The maximum atomic E-state index is 14.4. The van der Waals surface area contributed by atoms with E-state index in [4.69, 9.17) is 4.74 Å². The Balaban J connectivity index is 1.54. The second-order valence-corrected chi connectivity index (χ2v) is 9.63. The van der Waals surface area contributed by atoms with Gasteiger partial charge in [0.05, 0.1) is 23.7 Å². The quantitative estimate of drug-likeness (QED) is 0.737. The van der Waals surface area contributed by atoms with Crippen LogP contribution in [-0.4, -0.2) is 68.8 Å². The van der Waals surface area contributed by atoms with E-state index in [1.54, 1.807) is 23.1 Å². The molecule has 2 aromatic rings. The van der Waals surface area contributed by atoms with Gasteiger partial charge in [0.2, 0.25) is 10.0 Å². The normalized spacial score (nSPS) is 17.3. The molecule has 2 saturated heterocycles. The number of halogens is 1. The van der Waals surface area contributed by atoms with Crippen LogP contribution in [0.5, 0.6) is 0 Å². The van der Waals surface area contributed by atoms with Crippen molar-refractivity contribution in [3.05, 3.63) is 59.4 Å². The Bertz CT molecular complexity index is 1130. The van der Waals surface area contributed by atoms with Crippen molar-refractivity contribution < 1.29 is 27.1 Å². The topological polar surface area (TPSA) is 96.0 Å². The van der Waals surface area contributed by atoms with Crippen molar-refractivity contribution in [1.82, 2.24) is 9.21 Å². The number of amides is 2. The molecular formula is C22H24FN3O5S. The highest BCUT2D eigenvalue weighted by molar-refractivity contribution is 7.89. The van der Waals surface area contributed by atoms with Crippen LogP contribution in [0, 0.1) is 5.82 Å². The van der Waals surface area contributed by atoms with Gasteiger partial charge in [0, 0.05) is 37.4 Å². The van der Waals surface area contributed by atoms with Crippen LogP contribution in [0.25, 0.3) is 0 Å². The number of benzene rings is 2. The van der Waals surface area contributed by atoms with Gasteiger partial charge in [-0.3, -0.25) is 9.59 Å². The number of morpholine rings is 1. The SMILES string of the molecule is O=C(Nc1cccc(C(=O)N2CCCC2)c1)c1cc(S(=O)(=O)N2CCOCC2)ccc1F. The van der Waals surface area contributed by atoms with Gasteiger partial charge in [0.15, 0.2) is 0 Å². The van der Waals surface area contributed by atoms with Gasteiger partial charge in [0.1, 0.15) is 5.82 Å². The number of nitrogens with one attached hydrogen (secondary N) is 1. The number of ether oxygens (including phenoxy) is 1. The van der Waals surface area contributed by atoms with E-state index in [2.05, 4.69) is 5.32 Å². The second-order valence-electron chi connectivity index (χ2n) is 7.69. The lowest BCUT2D eigenvalue weighted by molar-refractivity contribution is 0.0730. The van der Waals surface area contributed by atoms with Crippen LogP contribution in [0.2, 0.25) is 0 Å². The van der Waals surface area contributed by atoms with Crippen molar-refractivity contribution in [3.63, 3.8) is 0 Å². The van der Waals surface area contributed by atoms with Crippen LogP contribution in [0.3, 0.4) is 0 Å².